The molecule has 170 valence electrons. The molecule has 1 atom stereocenters. The van der Waals surface area contributed by atoms with Crippen LogP contribution in [0.15, 0.2) is 53.1 Å². The topological polar surface area (TPSA) is 142 Å². The molecule has 1 aliphatic heterocycles. The second kappa shape index (κ2) is 9.81. The summed E-state index contributed by atoms with van der Waals surface area (Å²) < 4.78 is 20.9. The van der Waals surface area contributed by atoms with Crippen molar-refractivity contribution in [3.8, 4) is 11.5 Å². The summed E-state index contributed by atoms with van der Waals surface area (Å²) in [6.07, 6.45) is -1.45. The molecule has 0 spiro atoms. The van der Waals surface area contributed by atoms with Crippen molar-refractivity contribution in [2.24, 2.45) is 0 Å². The molecular formula is C22H20N4O7. The summed E-state index contributed by atoms with van der Waals surface area (Å²) in [5.41, 5.74) is 1.06. The molecule has 2 N–H and O–H groups in total. The van der Waals surface area contributed by atoms with Gasteiger partial charge in [0.25, 0.3) is 11.8 Å². The smallest absolute Gasteiger partial charge is 0.310 e. The predicted octanol–water partition coefficient (Wildman–Crippen LogP) is 2.09. The summed E-state index contributed by atoms with van der Waals surface area (Å²) in [4.78, 5) is 40.5. The maximum absolute atomic E-state index is 12.2. The van der Waals surface area contributed by atoms with Gasteiger partial charge in [-0.1, -0.05) is 29.4 Å². The molecule has 11 nitrogen and oxygen atoms in total. The lowest BCUT2D eigenvalue weighted by Crippen LogP contribution is -2.38. The highest BCUT2D eigenvalue weighted by atomic mass is 16.6. The van der Waals surface area contributed by atoms with Crippen LogP contribution in [0.2, 0.25) is 0 Å². The van der Waals surface area contributed by atoms with Crippen LogP contribution in [0.25, 0.3) is 0 Å². The molecule has 0 saturated heterocycles. The molecule has 0 bridgehead atoms. The van der Waals surface area contributed by atoms with Crippen molar-refractivity contribution in [3.63, 3.8) is 0 Å². The van der Waals surface area contributed by atoms with E-state index in [-0.39, 0.29) is 37.1 Å². The Kier molecular flexibility index (Phi) is 6.48. The maximum atomic E-state index is 12.2. The van der Waals surface area contributed by atoms with Crippen molar-refractivity contribution in [1.29, 1.82) is 0 Å². The molecule has 4 rings (SSSR count). The Labute approximate surface area is 188 Å². The van der Waals surface area contributed by atoms with Gasteiger partial charge in [-0.05, 0) is 24.3 Å². The number of nitrogens with zero attached hydrogens (tertiary/aromatic N) is 2. The first kappa shape index (κ1) is 21.8. The zero-order chi connectivity index (χ0) is 23.2. The molecular weight excluding hydrogens is 432 g/mol. The van der Waals surface area contributed by atoms with Gasteiger partial charge in [0.15, 0.2) is 18.5 Å². The number of nitrogens with one attached hydrogen (secondary N) is 2. The quantitative estimate of drug-likeness (QED) is 0.491. The SMILES string of the molecule is COc1ccccc1NC(=O)Cc1noc(COC(=O)CC2Oc3ccccc3NC2=O)n1. The minimum atomic E-state index is -1.01. The third kappa shape index (κ3) is 5.45. The van der Waals surface area contributed by atoms with E-state index in [0.717, 1.165) is 0 Å². The maximum Gasteiger partial charge on any atom is 0.310 e. The van der Waals surface area contributed by atoms with Crippen LogP contribution in [-0.4, -0.2) is 41.1 Å². The lowest BCUT2D eigenvalue weighted by Gasteiger charge is -2.24. The van der Waals surface area contributed by atoms with Crippen LogP contribution in [0.5, 0.6) is 11.5 Å². The third-order valence-corrected chi connectivity index (χ3v) is 4.63. The highest BCUT2D eigenvalue weighted by Crippen LogP contribution is 2.29. The van der Waals surface area contributed by atoms with E-state index in [9.17, 15) is 14.4 Å². The molecule has 0 radical (unpaired) electrons. The molecule has 11 heteroatoms. The van der Waals surface area contributed by atoms with Gasteiger partial charge >= 0.3 is 5.97 Å². The van der Waals surface area contributed by atoms with Crippen molar-refractivity contribution >= 4 is 29.2 Å². The number of ether oxygens (including phenoxy) is 3. The molecule has 0 aliphatic carbocycles. The lowest BCUT2D eigenvalue weighted by atomic mass is 10.1. The average molecular weight is 452 g/mol. The summed E-state index contributed by atoms with van der Waals surface area (Å²) in [6.45, 7) is -0.301. The number of hydrogen-bond acceptors (Lipinski definition) is 9. The van der Waals surface area contributed by atoms with Crippen LogP contribution in [0.1, 0.15) is 18.1 Å². The summed E-state index contributed by atoms with van der Waals surface area (Å²) in [5, 5.41) is 9.09. The van der Waals surface area contributed by atoms with E-state index in [1.165, 1.54) is 7.11 Å². The molecule has 0 saturated carbocycles. The molecule has 2 heterocycles. The Morgan fingerprint density at radius 3 is 2.79 bits per heavy atom. The van der Waals surface area contributed by atoms with E-state index >= 15 is 0 Å². The van der Waals surface area contributed by atoms with E-state index in [1.54, 1.807) is 48.5 Å². The molecule has 1 aromatic heterocycles. The summed E-state index contributed by atoms with van der Waals surface area (Å²) >= 11 is 0. The van der Waals surface area contributed by atoms with Gasteiger partial charge in [-0.2, -0.15) is 4.98 Å². The number of carbonyl (C=O) groups is 3. The number of fused-ring (bicyclic) bond motifs is 1. The van der Waals surface area contributed by atoms with Crippen molar-refractivity contribution in [1.82, 2.24) is 10.1 Å². The van der Waals surface area contributed by atoms with E-state index in [4.69, 9.17) is 18.7 Å². The van der Waals surface area contributed by atoms with Crippen molar-refractivity contribution in [2.45, 2.75) is 25.6 Å². The van der Waals surface area contributed by atoms with E-state index in [0.29, 0.717) is 22.9 Å². The molecule has 1 aliphatic rings. The normalized spacial score (nSPS) is 14.5. The van der Waals surface area contributed by atoms with Gasteiger partial charge in [0.1, 0.15) is 11.5 Å². The van der Waals surface area contributed by atoms with Crippen LogP contribution in [0.4, 0.5) is 11.4 Å². The number of para-hydroxylation sites is 4. The number of rotatable bonds is 8. The predicted molar refractivity (Wildman–Crippen MR) is 114 cm³/mol. The number of esters is 1. The largest absolute Gasteiger partial charge is 0.495 e. The van der Waals surface area contributed by atoms with Gasteiger partial charge in [0.2, 0.25) is 5.91 Å². The van der Waals surface area contributed by atoms with E-state index in [1.807, 2.05) is 0 Å². The van der Waals surface area contributed by atoms with Gasteiger partial charge in [0.05, 0.1) is 31.3 Å². The van der Waals surface area contributed by atoms with Gasteiger partial charge in [-0.3, -0.25) is 14.4 Å². The average Bonchev–Trinajstić information content (AvgIpc) is 3.25. The number of amides is 2. The number of aromatic nitrogens is 2. The fraction of sp³-hybridized carbons (Fsp3) is 0.227. The van der Waals surface area contributed by atoms with Crippen LogP contribution in [0, 0.1) is 0 Å². The molecule has 1 unspecified atom stereocenters. The van der Waals surface area contributed by atoms with Crippen molar-refractivity contribution in [2.75, 3.05) is 17.7 Å². The number of anilines is 2. The van der Waals surface area contributed by atoms with Crippen LogP contribution < -0.4 is 20.1 Å². The highest BCUT2D eigenvalue weighted by molar-refractivity contribution is 5.99. The van der Waals surface area contributed by atoms with Gasteiger partial charge in [0, 0.05) is 0 Å². The number of carbonyl (C=O) groups excluding carboxylic acids is 3. The monoisotopic (exact) mass is 452 g/mol. The number of benzene rings is 2. The zero-order valence-electron chi connectivity index (χ0n) is 17.6. The third-order valence-electron chi connectivity index (χ3n) is 4.63. The Balaban J connectivity index is 1.25. The molecule has 3 aromatic rings. The fourth-order valence-corrected chi connectivity index (χ4v) is 3.09. The first-order chi connectivity index (χ1) is 16.0. The minimum absolute atomic E-state index is 0.0165. The van der Waals surface area contributed by atoms with Crippen molar-refractivity contribution < 1.29 is 33.1 Å². The Bertz CT molecular complexity index is 1180. The van der Waals surface area contributed by atoms with E-state index in [2.05, 4.69) is 20.8 Å². The van der Waals surface area contributed by atoms with Gasteiger partial charge in [-0.25, -0.2) is 0 Å². The van der Waals surface area contributed by atoms with Crippen LogP contribution >= 0.6 is 0 Å². The van der Waals surface area contributed by atoms with Crippen LogP contribution in [0.3, 0.4) is 0 Å². The summed E-state index contributed by atoms with van der Waals surface area (Å²) in [7, 11) is 1.50. The second-order valence-electron chi connectivity index (χ2n) is 6.99. The number of hydrogen-bond donors (Lipinski definition) is 2. The Hall–Kier alpha value is -4.41. The lowest BCUT2D eigenvalue weighted by molar-refractivity contribution is -0.149. The highest BCUT2D eigenvalue weighted by Gasteiger charge is 2.30. The Morgan fingerprint density at radius 2 is 1.94 bits per heavy atom. The Morgan fingerprint density at radius 1 is 1.15 bits per heavy atom. The fourth-order valence-electron chi connectivity index (χ4n) is 3.09. The number of methoxy groups -OCH3 is 1. The van der Waals surface area contributed by atoms with Crippen LogP contribution in [-0.2, 0) is 32.1 Å². The molecule has 0 fully saturated rings. The van der Waals surface area contributed by atoms with Gasteiger partial charge < -0.3 is 29.4 Å². The van der Waals surface area contributed by atoms with E-state index < -0.39 is 18.0 Å². The zero-order valence-corrected chi connectivity index (χ0v) is 17.6. The molecule has 33 heavy (non-hydrogen) atoms. The first-order valence-electron chi connectivity index (χ1n) is 9.98. The first-order valence-corrected chi connectivity index (χ1v) is 9.98. The minimum Gasteiger partial charge on any atom is -0.495 e. The second-order valence-corrected chi connectivity index (χ2v) is 6.99. The van der Waals surface area contributed by atoms with Gasteiger partial charge in [-0.15, -0.1) is 0 Å². The summed E-state index contributed by atoms with van der Waals surface area (Å²) in [6, 6.07) is 13.9. The standard InChI is InChI=1S/C22H20N4O7/c1-30-15-8-4-2-6-13(15)23-19(27)11-18-25-20(33-26-18)12-31-21(28)10-17-22(29)24-14-7-3-5-9-16(14)32-17/h2-9,17H,10-12H2,1H3,(H,23,27)(H,24,29). The summed E-state index contributed by atoms with van der Waals surface area (Å²) in [5.74, 6) is -0.351. The molecule has 2 aromatic carbocycles. The molecule has 2 amide bonds. The van der Waals surface area contributed by atoms with Crippen molar-refractivity contribution in [3.05, 3.63) is 60.2 Å².